The highest BCUT2D eigenvalue weighted by Gasteiger charge is 2.18. The molecule has 4 heteroatoms. The van der Waals surface area contributed by atoms with Crippen LogP contribution in [-0.2, 0) is 11.2 Å². The van der Waals surface area contributed by atoms with Crippen molar-refractivity contribution in [2.45, 2.75) is 45.4 Å². The van der Waals surface area contributed by atoms with Crippen LogP contribution >= 0.6 is 27.3 Å². The van der Waals surface area contributed by atoms with E-state index in [0.29, 0.717) is 0 Å². The molecule has 0 bridgehead atoms. The summed E-state index contributed by atoms with van der Waals surface area (Å²) in [5.41, 5.74) is 0. The Kier molecular flexibility index (Phi) is 7.59. The number of rotatable bonds is 8. The van der Waals surface area contributed by atoms with Crippen molar-refractivity contribution >= 4 is 33.2 Å². The second-order valence-electron chi connectivity index (χ2n) is 4.57. The number of amides is 1. The monoisotopic (exact) mass is 331 g/mol. The third kappa shape index (κ3) is 5.53. The minimum atomic E-state index is 0.123. The van der Waals surface area contributed by atoms with Crippen LogP contribution in [0.3, 0.4) is 0 Å². The predicted octanol–water partition coefficient (Wildman–Crippen LogP) is 4.39. The molecule has 0 saturated carbocycles. The van der Waals surface area contributed by atoms with E-state index in [4.69, 9.17) is 0 Å². The van der Waals surface area contributed by atoms with E-state index in [0.717, 1.165) is 23.0 Å². The SMILES string of the molecule is CCCCCCC(Cc1ccc(Br)s1)C(=O)NC. The van der Waals surface area contributed by atoms with Gasteiger partial charge in [-0.2, -0.15) is 0 Å². The summed E-state index contributed by atoms with van der Waals surface area (Å²) >= 11 is 5.19. The summed E-state index contributed by atoms with van der Waals surface area (Å²) < 4.78 is 1.14. The fraction of sp³-hybridized carbons (Fsp3) is 0.643. The van der Waals surface area contributed by atoms with Crippen LogP contribution in [0.1, 0.15) is 43.9 Å². The molecule has 1 atom stereocenters. The van der Waals surface area contributed by atoms with Crippen molar-refractivity contribution in [1.82, 2.24) is 5.32 Å². The zero-order chi connectivity index (χ0) is 13.4. The summed E-state index contributed by atoms with van der Waals surface area (Å²) in [7, 11) is 1.73. The van der Waals surface area contributed by atoms with Gasteiger partial charge in [0.15, 0.2) is 0 Å². The van der Waals surface area contributed by atoms with E-state index < -0.39 is 0 Å². The molecule has 2 nitrogen and oxygen atoms in total. The number of carbonyl (C=O) groups excluding carboxylic acids is 1. The van der Waals surface area contributed by atoms with Gasteiger partial charge in [0.1, 0.15) is 0 Å². The average molecular weight is 332 g/mol. The van der Waals surface area contributed by atoms with Gasteiger partial charge < -0.3 is 5.32 Å². The third-order valence-electron chi connectivity index (χ3n) is 3.10. The molecule has 1 unspecified atom stereocenters. The maximum atomic E-state index is 11.9. The quantitative estimate of drug-likeness (QED) is 0.703. The fourth-order valence-corrected chi connectivity index (χ4v) is 3.61. The summed E-state index contributed by atoms with van der Waals surface area (Å²) in [5, 5.41) is 2.79. The summed E-state index contributed by atoms with van der Waals surface area (Å²) in [4.78, 5) is 13.2. The first-order valence-electron chi connectivity index (χ1n) is 6.63. The molecule has 0 aliphatic rings. The largest absolute Gasteiger partial charge is 0.359 e. The van der Waals surface area contributed by atoms with Gasteiger partial charge in [0, 0.05) is 17.8 Å². The summed E-state index contributed by atoms with van der Waals surface area (Å²) in [6, 6.07) is 4.16. The third-order valence-corrected chi connectivity index (χ3v) is 4.75. The van der Waals surface area contributed by atoms with E-state index >= 15 is 0 Å². The second-order valence-corrected chi connectivity index (χ2v) is 7.12. The van der Waals surface area contributed by atoms with Gasteiger partial charge in [0.25, 0.3) is 0 Å². The lowest BCUT2D eigenvalue weighted by atomic mass is 9.96. The maximum absolute atomic E-state index is 11.9. The summed E-state index contributed by atoms with van der Waals surface area (Å²) in [6.45, 7) is 2.21. The van der Waals surface area contributed by atoms with Crippen molar-refractivity contribution in [1.29, 1.82) is 0 Å². The van der Waals surface area contributed by atoms with Crippen molar-refractivity contribution in [3.8, 4) is 0 Å². The zero-order valence-electron chi connectivity index (χ0n) is 11.2. The molecule has 102 valence electrons. The van der Waals surface area contributed by atoms with Crippen LogP contribution in [0.5, 0.6) is 0 Å². The van der Waals surface area contributed by atoms with Crippen LogP contribution in [0.2, 0.25) is 0 Å². The predicted molar refractivity (Wildman–Crippen MR) is 82.0 cm³/mol. The van der Waals surface area contributed by atoms with E-state index in [-0.39, 0.29) is 11.8 Å². The Morgan fingerprint density at radius 3 is 2.72 bits per heavy atom. The molecule has 1 rings (SSSR count). The topological polar surface area (TPSA) is 29.1 Å². The number of hydrogen-bond donors (Lipinski definition) is 1. The summed E-state index contributed by atoms with van der Waals surface area (Å²) in [6.07, 6.45) is 6.75. The summed E-state index contributed by atoms with van der Waals surface area (Å²) in [5.74, 6) is 0.299. The number of unbranched alkanes of at least 4 members (excludes halogenated alkanes) is 3. The fourth-order valence-electron chi connectivity index (χ4n) is 2.05. The molecular formula is C14H22BrNOS. The van der Waals surface area contributed by atoms with E-state index in [9.17, 15) is 4.79 Å². The molecule has 1 aromatic rings. The first-order chi connectivity index (χ1) is 8.67. The second kappa shape index (κ2) is 8.70. The number of carbonyl (C=O) groups is 1. The number of thiophene rings is 1. The first-order valence-corrected chi connectivity index (χ1v) is 8.24. The molecule has 18 heavy (non-hydrogen) atoms. The first kappa shape index (κ1) is 15.7. The van der Waals surface area contributed by atoms with E-state index in [2.05, 4.69) is 40.3 Å². The smallest absolute Gasteiger partial charge is 0.223 e. The Bertz CT molecular complexity index is 364. The minimum Gasteiger partial charge on any atom is -0.359 e. The Morgan fingerprint density at radius 1 is 1.39 bits per heavy atom. The Morgan fingerprint density at radius 2 is 2.17 bits per heavy atom. The lowest BCUT2D eigenvalue weighted by molar-refractivity contribution is -0.124. The van der Waals surface area contributed by atoms with Gasteiger partial charge in [-0.3, -0.25) is 4.79 Å². The lowest BCUT2D eigenvalue weighted by Gasteiger charge is -2.14. The van der Waals surface area contributed by atoms with E-state index in [1.165, 1.54) is 24.1 Å². The molecule has 1 aromatic heterocycles. The highest BCUT2D eigenvalue weighted by molar-refractivity contribution is 9.11. The Labute approximate surface area is 122 Å². The van der Waals surface area contributed by atoms with Crippen molar-refractivity contribution in [3.05, 3.63) is 20.8 Å². The molecule has 0 saturated heterocycles. The van der Waals surface area contributed by atoms with Crippen molar-refractivity contribution in [2.75, 3.05) is 7.05 Å². The highest BCUT2D eigenvalue weighted by atomic mass is 79.9. The van der Waals surface area contributed by atoms with Gasteiger partial charge in [-0.1, -0.05) is 32.6 Å². The molecule has 1 amide bonds. The molecule has 1 N–H and O–H groups in total. The number of hydrogen-bond acceptors (Lipinski definition) is 2. The van der Waals surface area contributed by atoms with E-state index in [1.54, 1.807) is 18.4 Å². The van der Waals surface area contributed by atoms with Crippen LogP contribution in [-0.4, -0.2) is 13.0 Å². The van der Waals surface area contributed by atoms with Crippen molar-refractivity contribution < 1.29 is 4.79 Å². The molecular weight excluding hydrogens is 310 g/mol. The van der Waals surface area contributed by atoms with Gasteiger partial charge in [0.2, 0.25) is 5.91 Å². The average Bonchev–Trinajstić information content (AvgIpc) is 2.77. The highest BCUT2D eigenvalue weighted by Crippen LogP contribution is 2.26. The molecule has 0 spiro atoms. The Hall–Kier alpha value is -0.350. The van der Waals surface area contributed by atoms with Crippen LogP contribution in [0.25, 0.3) is 0 Å². The molecule has 0 radical (unpaired) electrons. The minimum absolute atomic E-state index is 0.123. The van der Waals surface area contributed by atoms with Gasteiger partial charge in [-0.25, -0.2) is 0 Å². The maximum Gasteiger partial charge on any atom is 0.223 e. The molecule has 0 aromatic carbocycles. The van der Waals surface area contributed by atoms with Gasteiger partial charge in [-0.15, -0.1) is 11.3 Å². The number of nitrogens with one attached hydrogen (secondary N) is 1. The van der Waals surface area contributed by atoms with Gasteiger partial charge in [-0.05, 0) is 40.9 Å². The lowest BCUT2D eigenvalue weighted by Crippen LogP contribution is -2.28. The van der Waals surface area contributed by atoms with Crippen LogP contribution < -0.4 is 5.32 Å². The standard InChI is InChI=1S/C14H22BrNOS/c1-3-4-5-6-7-11(14(17)16-2)10-12-8-9-13(15)18-12/h8-9,11H,3-7,10H2,1-2H3,(H,16,17). The van der Waals surface area contributed by atoms with Gasteiger partial charge >= 0.3 is 0 Å². The Balaban J connectivity index is 2.47. The van der Waals surface area contributed by atoms with Crippen molar-refractivity contribution in [2.24, 2.45) is 5.92 Å². The molecule has 0 aliphatic heterocycles. The number of halogens is 1. The van der Waals surface area contributed by atoms with Crippen LogP contribution in [0.15, 0.2) is 15.9 Å². The molecule has 0 aliphatic carbocycles. The van der Waals surface area contributed by atoms with Crippen LogP contribution in [0, 0.1) is 5.92 Å². The van der Waals surface area contributed by atoms with Gasteiger partial charge in [0.05, 0.1) is 3.79 Å². The van der Waals surface area contributed by atoms with Crippen molar-refractivity contribution in [3.63, 3.8) is 0 Å². The zero-order valence-corrected chi connectivity index (χ0v) is 13.6. The van der Waals surface area contributed by atoms with E-state index in [1.807, 2.05) is 0 Å². The molecule has 1 heterocycles. The van der Waals surface area contributed by atoms with Crippen LogP contribution in [0.4, 0.5) is 0 Å². The molecule has 0 fully saturated rings. The normalized spacial score (nSPS) is 12.4.